The van der Waals surface area contributed by atoms with Gasteiger partial charge in [-0.15, -0.1) is 0 Å². The zero-order valence-electron chi connectivity index (χ0n) is 19.6. The average Bonchev–Trinajstić information content (AvgIpc) is 3.32. The quantitative estimate of drug-likeness (QED) is 0.399. The van der Waals surface area contributed by atoms with Crippen LogP contribution in [0.2, 0.25) is 10.0 Å². The lowest BCUT2D eigenvalue weighted by Crippen LogP contribution is -2.50. The number of anilines is 2. The number of benzene rings is 2. The molecule has 2 aromatic carbocycles. The van der Waals surface area contributed by atoms with Crippen LogP contribution in [0.25, 0.3) is 17.4 Å². The number of piperazine rings is 1. The van der Waals surface area contributed by atoms with E-state index >= 15 is 0 Å². The maximum atomic E-state index is 12.7. The molecule has 1 fully saturated rings. The molecule has 2 amide bonds. The summed E-state index contributed by atoms with van der Waals surface area (Å²) in [5.41, 5.74) is 2.27. The minimum atomic E-state index is -0.308. The van der Waals surface area contributed by atoms with Crippen molar-refractivity contribution in [3.63, 3.8) is 0 Å². The zero-order chi connectivity index (χ0) is 24.9. The van der Waals surface area contributed by atoms with Gasteiger partial charge in [0.15, 0.2) is 0 Å². The smallest absolute Gasteiger partial charge is 0.248 e. The first-order valence-electron chi connectivity index (χ1n) is 11.5. The summed E-state index contributed by atoms with van der Waals surface area (Å²) in [5.74, 6) is 0.997. The average molecular weight is 512 g/mol. The summed E-state index contributed by atoms with van der Waals surface area (Å²) in [7, 11) is 0. The van der Waals surface area contributed by atoms with E-state index in [0.717, 1.165) is 11.3 Å². The molecule has 0 aliphatic carbocycles. The Kier molecular flexibility index (Phi) is 7.83. The van der Waals surface area contributed by atoms with Crippen molar-refractivity contribution in [1.29, 1.82) is 0 Å². The van der Waals surface area contributed by atoms with Crippen LogP contribution < -0.4 is 10.2 Å². The van der Waals surface area contributed by atoms with Gasteiger partial charge in [0.05, 0.1) is 16.4 Å². The van der Waals surface area contributed by atoms with Crippen LogP contribution in [-0.2, 0) is 9.59 Å². The Bertz CT molecular complexity index is 1240. The van der Waals surface area contributed by atoms with Gasteiger partial charge in [-0.2, -0.15) is 0 Å². The molecular formula is C27H27Cl2N3O3. The Balaban J connectivity index is 1.43. The summed E-state index contributed by atoms with van der Waals surface area (Å²) in [6, 6.07) is 16.4. The normalized spacial score (nSPS) is 14.1. The second-order valence-corrected chi connectivity index (χ2v) is 9.48. The topological polar surface area (TPSA) is 65.8 Å². The van der Waals surface area contributed by atoms with Crippen molar-refractivity contribution < 1.29 is 14.0 Å². The van der Waals surface area contributed by atoms with E-state index in [1.54, 1.807) is 30.3 Å². The first kappa shape index (κ1) is 24.9. The largest absolute Gasteiger partial charge is 0.457 e. The number of furan rings is 1. The number of hydrogen-bond acceptors (Lipinski definition) is 4. The fraction of sp³-hybridized carbons (Fsp3) is 0.259. The molecular weight excluding hydrogens is 485 g/mol. The Morgan fingerprint density at radius 3 is 2.46 bits per heavy atom. The molecule has 35 heavy (non-hydrogen) atoms. The number of carbonyl (C=O) groups is 2. The van der Waals surface area contributed by atoms with Gasteiger partial charge in [-0.25, -0.2) is 0 Å². The highest BCUT2D eigenvalue weighted by Gasteiger charge is 2.24. The number of carbonyl (C=O) groups excluding carboxylic acids is 2. The minimum absolute atomic E-state index is 0.0198. The molecule has 0 unspecified atom stereocenters. The van der Waals surface area contributed by atoms with Gasteiger partial charge in [-0.05, 0) is 48.5 Å². The molecule has 0 spiro atoms. The molecule has 6 nitrogen and oxygen atoms in total. The molecule has 1 aromatic heterocycles. The third-order valence-corrected chi connectivity index (χ3v) is 6.37. The second-order valence-electron chi connectivity index (χ2n) is 8.63. The van der Waals surface area contributed by atoms with Crippen molar-refractivity contribution in [2.75, 3.05) is 36.4 Å². The van der Waals surface area contributed by atoms with Crippen LogP contribution in [0.4, 0.5) is 11.4 Å². The maximum Gasteiger partial charge on any atom is 0.248 e. The monoisotopic (exact) mass is 511 g/mol. The lowest BCUT2D eigenvalue weighted by molar-refractivity contribution is -0.134. The molecule has 1 aliphatic heterocycles. The lowest BCUT2D eigenvalue weighted by atomic mass is 10.1. The van der Waals surface area contributed by atoms with Crippen LogP contribution in [0.3, 0.4) is 0 Å². The van der Waals surface area contributed by atoms with E-state index in [4.69, 9.17) is 27.6 Å². The van der Waals surface area contributed by atoms with Crippen molar-refractivity contribution in [3.8, 4) is 11.3 Å². The summed E-state index contributed by atoms with van der Waals surface area (Å²) >= 11 is 12.5. The number of nitrogens with one attached hydrogen (secondary N) is 1. The van der Waals surface area contributed by atoms with E-state index in [0.29, 0.717) is 53.4 Å². The summed E-state index contributed by atoms with van der Waals surface area (Å²) < 4.78 is 5.82. The Morgan fingerprint density at radius 1 is 1.00 bits per heavy atom. The van der Waals surface area contributed by atoms with Crippen LogP contribution in [-0.4, -0.2) is 42.9 Å². The summed E-state index contributed by atoms with van der Waals surface area (Å²) in [5, 5.41) is 4.04. The Morgan fingerprint density at radius 2 is 1.74 bits per heavy atom. The highest BCUT2D eigenvalue weighted by molar-refractivity contribution is 6.33. The number of halogens is 2. The maximum absolute atomic E-state index is 12.7. The van der Waals surface area contributed by atoms with Gasteiger partial charge in [0.1, 0.15) is 11.5 Å². The summed E-state index contributed by atoms with van der Waals surface area (Å²) in [6.07, 6.45) is 3.02. The van der Waals surface area contributed by atoms with E-state index in [1.165, 1.54) is 6.08 Å². The van der Waals surface area contributed by atoms with Gasteiger partial charge >= 0.3 is 0 Å². The van der Waals surface area contributed by atoms with Crippen molar-refractivity contribution >= 4 is 52.5 Å². The Labute approximate surface area is 215 Å². The fourth-order valence-corrected chi connectivity index (χ4v) is 4.40. The molecule has 4 rings (SSSR count). The second kappa shape index (κ2) is 11.0. The first-order valence-corrected chi connectivity index (χ1v) is 12.2. The van der Waals surface area contributed by atoms with Crippen LogP contribution in [0.1, 0.15) is 19.6 Å². The predicted molar refractivity (Wildman–Crippen MR) is 142 cm³/mol. The predicted octanol–water partition coefficient (Wildman–Crippen LogP) is 6.21. The zero-order valence-corrected chi connectivity index (χ0v) is 21.1. The molecule has 0 saturated carbocycles. The van der Waals surface area contributed by atoms with E-state index < -0.39 is 0 Å². The molecule has 3 aromatic rings. The molecule has 0 radical (unpaired) electrons. The molecule has 0 bridgehead atoms. The SMILES string of the molecule is CC(C)C(=O)N1CCN(c2ccc(Cl)cc2NC(=O)/C=C/c2ccc(-c3ccccc3Cl)o2)CC1. The van der Waals surface area contributed by atoms with Gasteiger partial charge in [0, 0.05) is 48.8 Å². The fourth-order valence-electron chi connectivity index (χ4n) is 4.00. The van der Waals surface area contributed by atoms with E-state index in [-0.39, 0.29) is 17.7 Å². The number of rotatable bonds is 6. The highest BCUT2D eigenvalue weighted by Crippen LogP contribution is 2.31. The van der Waals surface area contributed by atoms with E-state index in [2.05, 4.69) is 10.2 Å². The third kappa shape index (κ3) is 6.08. The van der Waals surface area contributed by atoms with E-state index in [1.807, 2.05) is 49.1 Å². The molecule has 1 N–H and O–H groups in total. The number of nitrogens with zero attached hydrogens (tertiary/aromatic N) is 2. The molecule has 2 heterocycles. The van der Waals surface area contributed by atoms with Gasteiger partial charge in [-0.1, -0.05) is 49.2 Å². The number of amides is 2. The van der Waals surface area contributed by atoms with Crippen molar-refractivity contribution in [3.05, 3.63) is 76.5 Å². The van der Waals surface area contributed by atoms with Crippen molar-refractivity contribution in [2.45, 2.75) is 13.8 Å². The number of hydrogen-bond donors (Lipinski definition) is 1. The van der Waals surface area contributed by atoms with Gasteiger partial charge in [0.25, 0.3) is 0 Å². The van der Waals surface area contributed by atoms with Crippen LogP contribution in [0.5, 0.6) is 0 Å². The van der Waals surface area contributed by atoms with Gasteiger partial charge < -0.3 is 19.5 Å². The van der Waals surface area contributed by atoms with Crippen LogP contribution in [0, 0.1) is 5.92 Å². The van der Waals surface area contributed by atoms with Crippen LogP contribution in [0.15, 0.2) is 65.1 Å². The summed E-state index contributed by atoms with van der Waals surface area (Å²) in [4.78, 5) is 29.0. The van der Waals surface area contributed by atoms with Crippen molar-refractivity contribution in [1.82, 2.24) is 4.90 Å². The Hall–Kier alpha value is -3.22. The van der Waals surface area contributed by atoms with Gasteiger partial charge in [0.2, 0.25) is 11.8 Å². The highest BCUT2D eigenvalue weighted by atomic mass is 35.5. The molecule has 1 saturated heterocycles. The lowest BCUT2D eigenvalue weighted by Gasteiger charge is -2.37. The molecule has 182 valence electrons. The molecule has 1 aliphatic rings. The standard InChI is InChI=1S/C27H27Cl2N3O3/c1-18(2)27(34)32-15-13-31(14-16-32)24-10-7-19(28)17-23(24)30-26(33)12-9-20-8-11-25(35-20)21-5-3-4-6-22(21)29/h3-12,17-18H,13-16H2,1-2H3,(H,30,33)/b12-9+. The van der Waals surface area contributed by atoms with Crippen LogP contribution >= 0.6 is 23.2 Å². The summed E-state index contributed by atoms with van der Waals surface area (Å²) in [6.45, 7) is 6.45. The third-order valence-electron chi connectivity index (χ3n) is 5.81. The minimum Gasteiger partial charge on any atom is -0.457 e. The first-order chi connectivity index (χ1) is 16.8. The molecule has 8 heteroatoms. The van der Waals surface area contributed by atoms with Crippen molar-refractivity contribution in [2.24, 2.45) is 5.92 Å². The van der Waals surface area contributed by atoms with Gasteiger partial charge in [-0.3, -0.25) is 9.59 Å². The van der Waals surface area contributed by atoms with E-state index in [9.17, 15) is 9.59 Å². The molecule has 0 atom stereocenters.